The summed E-state index contributed by atoms with van der Waals surface area (Å²) in [5.41, 5.74) is 1.95. The Balaban J connectivity index is 1.93. The van der Waals surface area contributed by atoms with Crippen molar-refractivity contribution in [2.24, 2.45) is 0 Å². The van der Waals surface area contributed by atoms with Gasteiger partial charge in [-0.2, -0.15) is 0 Å². The highest BCUT2D eigenvalue weighted by Gasteiger charge is 2.28. The van der Waals surface area contributed by atoms with Crippen LogP contribution in [0.2, 0.25) is 0 Å². The Bertz CT molecular complexity index is 1360. The molecule has 0 radical (unpaired) electrons. The van der Waals surface area contributed by atoms with Crippen molar-refractivity contribution in [1.82, 2.24) is 14.5 Å². The molecule has 0 N–H and O–H groups in total. The van der Waals surface area contributed by atoms with Crippen molar-refractivity contribution in [2.75, 3.05) is 6.54 Å². The largest absolute Gasteiger partial charge is 0.329 e. The van der Waals surface area contributed by atoms with Gasteiger partial charge in [0.05, 0.1) is 28.2 Å². The molecule has 5 nitrogen and oxygen atoms in total. The average Bonchev–Trinajstić information content (AvgIpc) is 2.80. The van der Waals surface area contributed by atoms with E-state index in [0.717, 1.165) is 5.56 Å². The highest BCUT2D eigenvalue weighted by molar-refractivity contribution is 5.94. The molecule has 0 aliphatic carbocycles. The van der Waals surface area contributed by atoms with Crippen LogP contribution in [-0.2, 0) is 0 Å². The molecule has 32 heavy (non-hydrogen) atoms. The number of carbonyl (C=O) groups is 1. The molecule has 0 fully saturated rings. The molecule has 0 aliphatic heterocycles. The van der Waals surface area contributed by atoms with E-state index in [4.69, 9.17) is 4.98 Å². The van der Waals surface area contributed by atoms with Crippen LogP contribution in [0.3, 0.4) is 0 Å². The van der Waals surface area contributed by atoms with Crippen molar-refractivity contribution in [2.45, 2.75) is 26.8 Å². The number of nitrogens with zero attached hydrogens (tertiary/aromatic N) is 3. The van der Waals surface area contributed by atoms with E-state index in [1.165, 1.54) is 17.0 Å². The van der Waals surface area contributed by atoms with E-state index < -0.39 is 17.8 Å². The third-order valence-corrected chi connectivity index (χ3v) is 5.71. The van der Waals surface area contributed by atoms with Gasteiger partial charge in [-0.1, -0.05) is 42.5 Å². The van der Waals surface area contributed by atoms with E-state index in [9.17, 15) is 14.0 Å². The van der Waals surface area contributed by atoms with Gasteiger partial charge in [0.25, 0.3) is 11.5 Å². The van der Waals surface area contributed by atoms with E-state index in [2.05, 4.69) is 0 Å². The molecule has 4 rings (SSSR count). The molecule has 0 spiro atoms. The number of hydrogen-bond acceptors (Lipinski definition) is 3. The molecule has 0 bridgehead atoms. The van der Waals surface area contributed by atoms with Crippen LogP contribution in [-0.4, -0.2) is 26.9 Å². The molecular weight excluding hydrogens is 405 g/mol. The van der Waals surface area contributed by atoms with Crippen molar-refractivity contribution in [3.63, 3.8) is 0 Å². The van der Waals surface area contributed by atoms with E-state index in [1.54, 1.807) is 34.9 Å². The van der Waals surface area contributed by atoms with Crippen molar-refractivity contribution >= 4 is 16.8 Å². The summed E-state index contributed by atoms with van der Waals surface area (Å²) in [6, 6.07) is 20.0. The standard InChI is InChI=1S/C26H24FN3O2/c1-4-29(25(31)19-12-6-8-14-21(19)27)18(3)24-28-22-15-9-7-13-20(22)26(32)30(24)23-16-10-5-11-17(23)2/h5-16,18H,4H2,1-3H3. The third kappa shape index (κ3) is 3.68. The minimum absolute atomic E-state index is 0.00761. The Morgan fingerprint density at radius 2 is 1.69 bits per heavy atom. The number of halogens is 1. The van der Waals surface area contributed by atoms with Crippen LogP contribution in [0, 0.1) is 12.7 Å². The van der Waals surface area contributed by atoms with Crippen LogP contribution in [0.5, 0.6) is 0 Å². The SMILES string of the molecule is CCN(C(=O)c1ccccc1F)C(C)c1nc2ccccc2c(=O)n1-c1ccccc1C. The highest BCUT2D eigenvalue weighted by Crippen LogP contribution is 2.26. The number of aromatic nitrogens is 2. The predicted molar refractivity (Wildman–Crippen MR) is 124 cm³/mol. The van der Waals surface area contributed by atoms with Gasteiger partial charge in [-0.15, -0.1) is 0 Å². The quantitative estimate of drug-likeness (QED) is 0.446. The van der Waals surface area contributed by atoms with E-state index >= 15 is 0 Å². The Labute approximate surface area is 185 Å². The number of aryl methyl sites for hydroxylation is 1. The number of para-hydroxylation sites is 2. The lowest BCUT2D eigenvalue weighted by Crippen LogP contribution is -2.37. The van der Waals surface area contributed by atoms with Gasteiger partial charge in [0.15, 0.2) is 0 Å². The maximum Gasteiger partial charge on any atom is 0.266 e. The van der Waals surface area contributed by atoms with Gasteiger partial charge in [-0.05, 0) is 56.7 Å². The first-order valence-electron chi connectivity index (χ1n) is 10.6. The Morgan fingerprint density at radius 3 is 2.41 bits per heavy atom. The van der Waals surface area contributed by atoms with Crippen LogP contribution in [0.15, 0.2) is 77.6 Å². The molecule has 1 aromatic heterocycles. The zero-order valence-electron chi connectivity index (χ0n) is 18.2. The number of fused-ring (bicyclic) bond motifs is 1. The second-order valence-corrected chi connectivity index (χ2v) is 7.66. The topological polar surface area (TPSA) is 55.2 Å². The number of benzene rings is 3. The fourth-order valence-electron chi connectivity index (χ4n) is 4.00. The van der Waals surface area contributed by atoms with Crippen LogP contribution in [0.1, 0.15) is 41.6 Å². The molecule has 3 aromatic carbocycles. The normalized spacial score (nSPS) is 12.0. The molecule has 4 aromatic rings. The van der Waals surface area contributed by atoms with Crippen molar-refractivity contribution in [3.05, 3.63) is 106 Å². The molecule has 1 heterocycles. The maximum atomic E-state index is 14.4. The second kappa shape index (κ2) is 8.75. The van der Waals surface area contributed by atoms with Crippen LogP contribution < -0.4 is 5.56 Å². The maximum absolute atomic E-state index is 14.4. The molecule has 162 valence electrons. The molecule has 1 amide bonds. The Hall–Kier alpha value is -3.80. The monoisotopic (exact) mass is 429 g/mol. The second-order valence-electron chi connectivity index (χ2n) is 7.66. The summed E-state index contributed by atoms with van der Waals surface area (Å²) < 4.78 is 15.9. The van der Waals surface area contributed by atoms with Gasteiger partial charge < -0.3 is 4.90 Å². The van der Waals surface area contributed by atoms with Crippen LogP contribution in [0.25, 0.3) is 16.6 Å². The van der Waals surface area contributed by atoms with Gasteiger partial charge in [-0.25, -0.2) is 9.37 Å². The zero-order valence-corrected chi connectivity index (χ0v) is 18.2. The first kappa shape index (κ1) is 21.4. The Morgan fingerprint density at radius 1 is 1.03 bits per heavy atom. The number of hydrogen-bond donors (Lipinski definition) is 0. The van der Waals surface area contributed by atoms with Gasteiger partial charge >= 0.3 is 0 Å². The smallest absolute Gasteiger partial charge is 0.266 e. The van der Waals surface area contributed by atoms with E-state index in [0.29, 0.717) is 29.0 Å². The van der Waals surface area contributed by atoms with Gasteiger partial charge in [-0.3, -0.25) is 14.2 Å². The lowest BCUT2D eigenvalue weighted by atomic mass is 10.1. The average molecular weight is 429 g/mol. The summed E-state index contributed by atoms with van der Waals surface area (Å²) in [6.45, 7) is 5.89. The lowest BCUT2D eigenvalue weighted by Gasteiger charge is -2.30. The van der Waals surface area contributed by atoms with Crippen molar-refractivity contribution < 1.29 is 9.18 Å². The van der Waals surface area contributed by atoms with Crippen LogP contribution in [0.4, 0.5) is 4.39 Å². The van der Waals surface area contributed by atoms with E-state index in [-0.39, 0.29) is 11.1 Å². The van der Waals surface area contributed by atoms with Crippen LogP contribution >= 0.6 is 0 Å². The van der Waals surface area contributed by atoms with Crippen molar-refractivity contribution in [3.8, 4) is 5.69 Å². The summed E-state index contributed by atoms with van der Waals surface area (Å²) in [5.74, 6) is -0.600. The summed E-state index contributed by atoms with van der Waals surface area (Å²) in [7, 11) is 0. The summed E-state index contributed by atoms with van der Waals surface area (Å²) in [5, 5.41) is 0.496. The zero-order chi connectivity index (χ0) is 22.8. The molecule has 1 atom stereocenters. The first-order chi connectivity index (χ1) is 15.4. The summed E-state index contributed by atoms with van der Waals surface area (Å²) in [4.78, 5) is 33.1. The summed E-state index contributed by atoms with van der Waals surface area (Å²) >= 11 is 0. The Kier molecular flexibility index (Phi) is 5.86. The van der Waals surface area contributed by atoms with Gasteiger partial charge in [0.2, 0.25) is 0 Å². The number of rotatable bonds is 5. The van der Waals surface area contributed by atoms with Crippen molar-refractivity contribution in [1.29, 1.82) is 0 Å². The molecule has 0 aliphatic rings. The molecule has 0 saturated carbocycles. The lowest BCUT2D eigenvalue weighted by molar-refractivity contribution is 0.0688. The highest BCUT2D eigenvalue weighted by atomic mass is 19.1. The van der Waals surface area contributed by atoms with E-state index in [1.807, 2.05) is 51.1 Å². The fourth-order valence-corrected chi connectivity index (χ4v) is 4.00. The molecule has 6 heteroatoms. The first-order valence-corrected chi connectivity index (χ1v) is 10.6. The number of amides is 1. The number of carbonyl (C=O) groups excluding carboxylic acids is 1. The molecule has 1 unspecified atom stereocenters. The predicted octanol–water partition coefficient (Wildman–Crippen LogP) is 5.06. The molecule has 0 saturated heterocycles. The minimum Gasteiger partial charge on any atom is -0.329 e. The third-order valence-electron chi connectivity index (χ3n) is 5.71. The minimum atomic E-state index is -0.580. The molecular formula is C26H24FN3O2. The fraction of sp³-hybridized carbons (Fsp3) is 0.192. The van der Waals surface area contributed by atoms with Gasteiger partial charge in [0, 0.05) is 6.54 Å². The summed E-state index contributed by atoms with van der Waals surface area (Å²) in [6.07, 6.45) is 0. The van der Waals surface area contributed by atoms with Gasteiger partial charge in [0.1, 0.15) is 11.6 Å².